The van der Waals surface area contributed by atoms with E-state index in [1.807, 2.05) is 0 Å². The second-order valence-electron chi connectivity index (χ2n) is 3.66. The Balaban J connectivity index is 2.64. The molecule has 0 aromatic heterocycles. The van der Waals surface area contributed by atoms with Crippen molar-refractivity contribution >= 4 is 17.8 Å². The van der Waals surface area contributed by atoms with Crippen LogP contribution in [0.4, 0.5) is 4.39 Å². The second kappa shape index (κ2) is 4.68. The van der Waals surface area contributed by atoms with Crippen molar-refractivity contribution in [3.63, 3.8) is 0 Å². The molecule has 0 saturated carbocycles. The Morgan fingerprint density at radius 3 is 1.53 bits per heavy atom. The first-order chi connectivity index (χ1) is 8.15. The van der Waals surface area contributed by atoms with E-state index in [0.717, 1.165) is 0 Å². The van der Waals surface area contributed by atoms with Crippen LogP contribution in [0.15, 0.2) is 72.8 Å². The Morgan fingerprint density at radius 2 is 1.24 bits per heavy atom. The van der Waals surface area contributed by atoms with Crippen LogP contribution in [0.2, 0.25) is 0 Å². The molecule has 0 saturated heterocycles. The van der Waals surface area contributed by atoms with Crippen LogP contribution in [0.5, 0.6) is 0 Å². The van der Waals surface area contributed by atoms with Gasteiger partial charge in [-0.05, 0) is 0 Å². The van der Waals surface area contributed by atoms with Gasteiger partial charge in [0.1, 0.15) is 0 Å². The summed E-state index contributed by atoms with van der Waals surface area (Å²) in [7, 11) is -3.36. The summed E-state index contributed by atoms with van der Waals surface area (Å²) in [4.78, 5) is 0. The van der Waals surface area contributed by atoms with Gasteiger partial charge in [0.25, 0.3) is 0 Å². The lowest BCUT2D eigenvalue weighted by Gasteiger charge is -2.16. The summed E-state index contributed by atoms with van der Waals surface area (Å²) < 4.78 is 26.5. The van der Waals surface area contributed by atoms with Crippen molar-refractivity contribution in [3.05, 3.63) is 72.8 Å². The Labute approximate surface area is 100.0 Å². The highest BCUT2D eigenvalue weighted by atomic mass is 31.2. The molecule has 0 aliphatic rings. The molecule has 2 aromatic carbocycles. The molecule has 0 atom stereocenters. The molecule has 0 unspecified atom stereocenters. The Bertz CT molecular complexity index is 520. The maximum Gasteiger partial charge on any atom is 0.197 e. The molecule has 0 aliphatic carbocycles. The fourth-order valence-electron chi connectivity index (χ4n) is 1.71. The van der Waals surface area contributed by atoms with Gasteiger partial charge in [-0.1, -0.05) is 67.2 Å². The number of rotatable bonds is 3. The topological polar surface area (TPSA) is 17.1 Å². The van der Waals surface area contributed by atoms with Crippen LogP contribution in [0.25, 0.3) is 0 Å². The highest BCUT2D eigenvalue weighted by Crippen LogP contribution is 2.51. The van der Waals surface area contributed by atoms with Crippen LogP contribution in [0, 0.1) is 0 Å². The highest BCUT2D eigenvalue weighted by Gasteiger charge is 2.30. The monoisotopic (exact) mass is 246 g/mol. The fourth-order valence-corrected chi connectivity index (χ4v) is 3.75. The van der Waals surface area contributed by atoms with E-state index in [4.69, 9.17) is 0 Å². The zero-order valence-electron chi connectivity index (χ0n) is 9.21. The summed E-state index contributed by atoms with van der Waals surface area (Å²) >= 11 is 0. The molecular formula is C14H12FOP. The van der Waals surface area contributed by atoms with E-state index in [1.54, 1.807) is 60.7 Å². The van der Waals surface area contributed by atoms with Gasteiger partial charge in [0.2, 0.25) is 0 Å². The van der Waals surface area contributed by atoms with E-state index < -0.39 is 12.7 Å². The van der Waals surface area contributed by atoms with Crippen LogP contribution < -0.4 is 10.6 Å². The Kier molecular flexibility index (Phi) is 3.26. The molecular weight excluding hydrogens is 234 g/mol. The molecule has 3 heteroatoms. The molecule has 17 heavy (non-hydrogen) atoms. The van der Waals surface area contributed by atoms with E-state index in [2.05, 4.69) is 6.58 Å². The van der Waals surface area contributed by atoms with E-state index in [0.29, 0.717) is 10.6 Å². The van der Waals surface area contributed by atoms with E-state index in [-0.39, 0.29) is 0 Å². The summed E-state index contributed by atoms with van der Waals surface area (Å²) in [6.07, 6.45) is 0. The van der Waals surface area contributed by atoms with Crippen molar-refractivity contribution in [2.24, 2.45) is 0 Å². The molecule has 0 radical (unpaired) electrons. The average Bonchev–Trinajstić information content (AvgIpc) is 2.39. The first-order valence-electron chi connectivity index (χ1n) is 5.22. The first-order valence-corrected chi connectivity index (χ1v) is 6.92. The standard InChI is InChI=1S/C14H12FOP/c1-12(15)17(16,13-8-4-2-5-9-13)14-10-6-3-7-11-14/h2-11H,1H2. The van der Waals surface area contributed by atoms with E-state index in [1.165, 1.54) is 0 Å². The van der Waals surface area contributed by atoms with Gasteiger partial charge in [-0.3, -0.25) is 0 Å². The predicted molar refractivity (Wildman–Crippen MR) is 70.0 cm³/mol. The zero-order chi connectivity index (χ0) is 12.3. The first kappa shape index (κ1) is 11.8. The minimum atomic E-state index is -3.36. The lowest BCUT2D eigenvalue weighted by Crippen LogP contribution is -2.15. The second-order valence-corrected chi connectivity index (χ2v) is 6.39. The number of hydrogen-bond acceptors (Lipinski definition) is 1. The van der Waals surface area contributed by atoms with Crippen molar-refractivity contribution in [3.8, 4) is 0 Å². The summed E-state index contributed by atoms with van der Waals surface area (Å²) in [6, 6.07) is 17.2. The van der Waals surface area contributed by atoms with Gasteiger partial charge >= 0.3 is 0 Å². The van der Waals surface area contributed by atoms with Gasteiger partial charge in [-0.15, -0.1) is 0 Å². The molecule has 1 nitrogen and oxygen atoms in total. The van der Waals surface area contributed by atoms with Crippen LogP contribution in [-0.4, -0.2) is 0 Å². The minimum absolute atomic E-state index is 0.471. The Hall–Kier alpha value is -1.66. The maximum absolute atomic E-state index is 13.7. The third-order valence-corrected chi connectivity index (χ3v) is 5.32. The van der Waals surface area contributed by atoms with Gasteiger partial charge in [0.05, 0.1) is 0 Å². The number of hydrogen-bond donors (Lipinski definition) is 0. The highest BCUT2D eigenvalue weighted by molar-refractivity contribution is 7.82. The lowest BCUT2D eigenvalue weighted by atomic mass is 10.4. The molecule has 0 heterocycles. The van der Waals surface area contributed by atoms with Crippen molar-refractivity contribution in [1.29, 1.82) is 0 Å². The summed E-state index contributed by atoms with van der Waals surface area (Å²) in [5, 5.41) is 0.942. The Morgan fingerprint density at radius 1 is 0.882 bits per heavy atom. The van der Waals surface area contributed by atoms with Crippen molar-refractivity contribution in [2.75, 3.05) is 0 Å². The number of benzene rings is 2. The number of halogens is 1. The predicted octanol–water partition coefficient (Wildman–Crippen LogP) is 3.44. The zero-order valence-corrected chi connectivity index (χ0v) is 10.1. The van der Waals surface area contributed by atoms with Gasteiger partial charge in [0, 0.05) is 10.6 Å². The van der Waals surface area contributed by atoms with Gasteiger partial charge in [-0.25, -0.2) is 4.39 Å². The van der Waals surface area contributed by atoms with Crippen LogP contribution in [-0.2, 0) is 4.57 Å². The molecule has 0 bridgehead atoms. The van der Waals surface area contributed by atoms with Crippen LogP contribution in [0.1, 0.15) is 0 Å². The van der Waals surface area contributed by atoms with Crippen LogP contribution in [0.3, 0.4) is 0 Å². The van der Waals surface area contributed by atoms with Crippen LogP contribution >= 0.6 is 7.14 Å². The van der Waals surface area contributed by atoms with Gasteiger partial charge in [0.15, 0.2) is 12.7 Å². The molecule has 0 N–H and O–H groups in total. The minimum Gasteiger partial charge on any atom is -0.306 e. The van der Waals surface area contributed by atoms with Crippen molar-refractivity contribution in [1.82, 2.24) is 0 Å². The quantitative estimate of drug-likeness (QED) is 0.758. The molecule has 0 amide bonds. The maximum atomic E-state index is 13.7. The largest absolute Gasteiger partial charge is 0.306 e. The third kappa shape index (κ3) is 2.09. The molecule has 0 spiro atoms. The fraction of sp³-hybridized carbons (Fsp3) is 0. The molecule has 0 fully saturated rings. The summed E-state index contributed by atoms with van der Waals surface area (Å²) in [5.41, 5.74) is -0.782. The van der Waals surface area contributed by atoms with Crippen molar-refractivity contribution < 1.29 is 8.96 Å². The molecule has 2 rings (SSSR count). The smallest absolute Gasteiger partial charge is 0.197 e. The SMILES string of the molecule is C=C(F)P(=O)(c1ccccc1)c1ccccc1. The summed E-state index contributed by atoms with van der Waals surface area (Å²) in [5.74, 6) is 0. The van der Waals surface area contributed by atoms with Gasteiger partial charge < -0.3 is 4.57 Å². The average molecular weight is 246 g/mol. The molecule has 0 aliphatic heterocycles. The third-order valence-electron chi connectivity index (χ3n) is 2.58. The van der Waals surface area contributed by atoms with Crippen molar-refractivity contribution in [2.45, 2.75) is 0 Å². The lowest BCUT2D eigenvalue weighted by molar-refractivity contribution is 0.576. The normalized spacial score (nSPS) is 11.1. The molecule has 86 valence electrons. The van der Waals surface area contributed by atoms with Gasteiger partial charge in [-0.2, -0.15) is 0 Å². The summed E-state index contributed by atoms with van der Waals surface area (Å²) in [6.45, 7) is 3.25. The van der Waals surface area contributed by atoms with E-state index in [9.17, 15) is 8.96 Å². The van der Waals surface area contributed by atoms with E-state index >= 15 is 0 Å². The molecule has 2 aromatic rings.